The van der Waals surface area contributed by atoms with Gasteiger partial charge in [-0.2, -0.15) is 5.10 Å². The molecule has 0 amide bonds. The zero-order valence-corrected chi connectivity index (χ0v) is 18.5. The second-order valence-corrected chi connectivity index (χ2v) is 6.89. The molecular formula is C20H28IN5O2. The van der Waals surface area contributed by atoms with Crippen molar-refractivity contribution < 1.29 is 9.47 Å². The summed E-state index contributed by atoms with van der Waals surface area (Å²) in [5.41, 5.74) is 2.03. The van der Waals surface area contributed by atoms with E-state index in [-0.39, 0.29) is 36.2 Å². The molecule has 3 heterocycles. The van der Waals surface area contributed by atoms with Crippen molar-refractivity contribution >= 4 is 29.9 Å². The first-order chi connectivity index (χ1) is 13.3. The Morgan fingerprint density at radius 2 is 2.00 bits per heavy atom. The van der Waals surface area contributed by atoms with Crippen LogP contribution < -0.4 is 5.32 Å². The van der Waals surface area contributed by atoms with Crippen molar-refractivity contribution in [3.8, 4) is 5.69 Å². The van der Waals surface area contributed by atoms with Crippen LogP contribution in [0.3, 0.4) is 0 Å². The smallest absolute Gasteiger partial charge is 0.194 e. The molecule has 4 rings (SSSR count). The van der Waals surface area contributed by atoms with Gasteiger partial charge in [0.15, 0.2) is 5.96 Å². The van der Waals surface area contributed by atoms with Gasteiger partial charge in [0.25, 0.3) is 0 Å². The Bertz CT molecular complexity index is 761. The molecule has 2 aromatic rings. The number of guanidine groups is 1. The van der Waals surface area contributed by atoms with E-state index in [2.05, 4.69) is 20.3 Å². The van der Waals surface area contributed by atoms with E-state index >= 15 is 0 Å². The number of benzene rings is 1. The van der Waals surface area contributed by atoms with Gasteiger partial charge in [0.2, 0.25) is 0 Å². The Morgan fingerprint density at radius 3 is 2.75 bits per heavy atom. The third kappa shape index (κ3) is 5.03. The standard InChI is InChI=1S/C20H27N5O2.HI/c1-21-20(24-11-13-27-19(15-24)18-8-5-12-26-18)22-14-16-9-10-25(23-16)17-6-3-2-4-7-17;/h2-4,6-7,9-10,18-19H,5,8,11-15H2,1H3,(H,21,22);1H. The molecule has 8 heteroatoms. The number of halogens is 1. The minimum atomic E-state index is 0. The lowest BCUT2D eigenvalue weighted by Gasteiger charge is -2.37. The first kappa shape index (κ1) is 21.1. The maximum absolute atomic E-state index is 5.94. The Labute approximate surface area is 183 Å². The van der Waals surface area contributed by atoms with Crippen LogP contribution in [0, 0.1) is 0 Å². The fourth-order valence-corrected chi connectivity index (χ4v) is 3.67. The van der Waals surface area contributed by atoms with Gasteiger partial charge in [-0.25, -0.2) is 4.68 Å². The van der Waals surface area contributed by atoms with Crippen LogP contribution in [-0.4, -0.2) is 66.2 Å². The number of aliphatic imine (C=N–C) groups is 1. The Kier molecular flexibility index (Phi) is 7.69. The molecule has 2 fully saturated rings. The molecule has 7 nitrogen and oxygen atoms in total. The quantitative estimate of drug-likeness (QED) is 0.400. The lowest BCUT2D eigenvalue weighted by molar-refractivity contribution is -0.0817. The molecule has 0 bridgehead atoms. The number of aromatic nitrogens is 2. The first-order valence-electron chi connectivity index (χ1n) is 9.62. The molecule has 1 N–H and O–H groups in total. The summed E-state index contributed by atoms with van der Waals surface area (Å²) >= 11 is 0. The van der Waals surface area contributed by atoms with Crippen molar-refractivity contribution in [3.05, 3.63) is 48.3 Å². The summed E-state index contributed by atoms with van der Waals surface area (Å²) in [5, 5.41) is 8.08. The van der Waals surface area contributed by atoms with Crippen LogP contribution in [0.4, 0.5) is 0 Å². The van der Waals surface area contributed by atoms with Gasteiger partial charge in [0, 0.05) is 32.9 Å². The van der Waals surface area contributed by atoms with E-state index in [9.17, 15) is 0 Å². The molecule has 2 unspecified atom stereocenters. The molecule has 2 aliphatic heterocycles. The number of hydrogen-bond donors (Lipinski definition) is 1. The number of morpholine rings is 1. The van der Waals surface area contributed by atoms with E-state index in [4.69, 9.17) is 9.47 Å². The van der Waals surface area contributed by atoms with Crippen molar-refractivity contribution in [3.63, 3.8) is 0 Å². The van der Waals surface area contributed by atoms with E-state index < -0.39 is 0 Å². The van der Waals surface area contributed by atoms with Crippen LogP contribution in [0.1, 0.15) is 18.5 Å². The zero-order valence-electron chi connectivity index (χ0n) is 16.2. The van der Waals surface area contributed by atoms with Gasteiger partial charge < -0.3 is 19.7 Å². The number of nitrogens with zero attached hydrogens (tertiary/aromatic N) is 4. The molecule has 0 saturated carbocycles. The summed E-state index contributed by atoms with van der Waals surface area (Å²) < 4.78 is 13.6. The molecule has 152 valence electrons. The first-order valence-corrected chi connectivity index (χ1v) is 9.62. The molecule has 2 aliphatic rings. The van der Waals surface area contributed by atoms with Crippen LogP contribution in [0.15, 0.2) is 47.6 Å². The van der Waals surface area contributed by atoms with Crippen LogP contribution in [0.2, 0.25) is 0 Å². The van der Waals surface area contributed by atoms with Crippen molar-refractivity contribution in [2.45, 2.75) is 31.6 Å². The lowest BCUT2D eigenvalue weighted by atomic mass is 10.1. The highest BCUT2D eigenvalue weighted by molar-refractivity contribution is 14.0. The maximum Gasteiger partial charge on any atom is 0.194 e. The molecule has 0 aliphatic carbocycles. The Balaban J connectivity index is 0.00000225. The van der Waals surface area contributed by atoms with Crippen LogP contribution in [0.5, 0.6) is 0 Å². The molecule has 0 radical (unpaired) electrons. The Morgan fingerprint density at radius 1 is 1.18 bits per heavy atom. The number of rotatable bonds is 4. The third-order valence-electron chi connectivity index (χ3n) is 5.08. The SMILES string of the molecule is CN=C(NCc1ccn(-c2ccccc2)n1)N1CCOC(C2CCCO2)C1.I. The van der Waals surface area contributed by atoms with Gasteiger partial charge in [-0.05, 0) is 31.0 Å². The van der Waals surface area contributed by atoms with Crippen LogP contribution in [0.25, 0.3) is 5.69 Å². The van der Waals surface area contributed by atoms with E-state index in [1.165, 1.54) is 0 Å². The van der Waals surface area contributed by atoms with Crippen molar-refractivity contribution in [1.82, 2.24) is 20.0 Å². The summed E-state index contributed by atoms with van der Waals surface area (Å²) in [6.07, 6.45) is 4.53. The van der Waals surface area contributed by atoms with Crippen LogP contribution in [-0.2, 0) is 16.0 Å². The second kappa shape index (κ2) is 10.2. The average Bonchev–Trinajstić information content (AvgIpc) is 3.42. The number of ether oxygens (including phenoxy) is 2. The Hall–Kier alpha value is -1.65. The summed E-state index contributed by atoms with van der Waals surface area (Å²) in [6, 6.07) is 12.1. The van der Waals surface area contributed by atoms with Gasteiger partial charge in [-0.15, -0.1) is 24.0 Å². The molecule has 2 atom stereocenters. The lowest BCUT2D eigenvalue weighted by Crippen LogP contribution is -2.53. The summed E-state index contributed by atoms with van der Waals surface area (Å²) in [6.45, 7) is 3.83. The molecule has 0 spiro atoms. The fourth-order valence-electron chi connectivity index (χ4n) is 3.67. The summed E-state index contributed by atoms with van der Waals surface area (Å²) in [4.78, 5) is 6.71. The van der Waals surface area contributed by atoms with E-state index in [0.29, 0.717) is 13.2 Å². The van der Waals surface area contributed by atoms with Crippen LogP contribution >= 0.6 is 24.0 Å². The predicted molar refractivity (Wildman–Crippen MR) is 119 cm³/mol. The molecular weight excluding hydrogens is 469 g/mol. The highest BCUT2D eigenvalue weighted by Gasteiger charge is 2.32. The summed E-state index contributed by atoms with van der Waals surface area (Å²) in [5.74, 6) is 0.885. The third-order valence-corrected chi connectivity index (χ3v) is 5.08. The number of hydrogen-bond acceptors (Lipinski definition) is 4. The number of nitrogens with one attached hydrogen (secondary N) is 1. The van der Waals surface area contributed by atoms with Gasteiger partial charge in [0.1, 0.15) is 6.10 Å². The van der Waals surface area contributed by atoms with E-state index in [1.807, 2.05) is 54.3 Å². The molecule has 1 aromatic carbocycles. The van der Waals surface area contributed by atoms with Crippen molar-refractivity contribution in [2.24, 2.45) is 4.99 Å². The monoisotopic (exact) mass is 497 g/mol. The van der Waals surface area contributed by atoms with Crippen molar-refractivity contribution in [2.75, 3.05) is 33.4 Å². The normalized spacial score (nSPS) is 22.8. The van der Waals surface area contributed by atoms with E-state index in [1.54, 1.807) is 0 Å². The topological polar surface area (TPSA) is 63.9 Å². The largest absolute Gasteiger partial charge is 0.375 e. The molecule has 2 saturated heterocycles. The minimum Gasteiger partial charge on any atom is -0.375 e. The zero-order chi connectivity index (χ0) is 18.5. The molecule has 28 heavy (non-hydrogen) atoms. The highest BCUT2D eigenvalue weighted by atomic mass is 127. The van der Waals surface area contributed by atoms with Gasteiger partial charge in [0.05, 0.1) is 30.6 Å². The maximum atomic E-state index is 5.94. The average molecular weight is 497 g/mol. The number of para-hydroxylation sites is 1. The fraction of sp³-hybridized carbons (Fsp3) is 0.500. The molecule has 1 aromatic heterocycles. The second-order valence-electron chi connectivity index (χ2n) is 6.89. The predicted octanol–water partition coefficient (Wildman–Crippen LogP) is 2.45. The van der Waals surface area contributed by atoms with Gasteiger partial charge in [-0.1, -0.05) is 18.2 Å². The van der Waals surface area contributed by atoms with Crippen molar-refractivity contribution in [1.29, 1.82) is 0 Å². The van der Waals surface area contributed by atoms with E-state index in [0.717, 1.165) is 49.9 Å². The summed E-state index contributed by atoms with van der Waals surface area (Å²) in [7, 11) is 1.82. The van der Waals surface area contributed by atoms with Gasteiger partial charge in [-0.3, -0.25) is 4.99 Å². The van der Waals surface area contributed by atoms with Gasteiger partial charge >= 0.3 is 0 Å². The highest BCUT2D eigenvalue weighted by Crippen LogP contribution is 2.21. The minimum absolute atomic E-state index is 0.